The summed E-state index contributed by atoms with van der Waals surface area (Å²) in [6.45, 7) is 0. The van der Waals surface area contributed by atoms with Crippen molar-refractivity contribution in [2.45, 2.75) is 25.7 Å². The highest BCUT2D eigenvalue weighted by atomic mass is 79.9. The van der Waals surface area contributed by atoms with Gasteiger partial charge in [0.15, 0.2) is 0 Å². The number of rotatable bonds is 0. The summed E-state index contributed by atoms with van der Waals surface area (Å²) in [6, 6.07) is 6.44. The molecular weight excluding hydrogens is 252 g/mol. The molecule has 78 valence electrons. The normalized spacial score (nSPS) is 28.7. The van der Waals surface area contributed by atoms with Crippen molar-refractivity contribution in [3.63, 3.8) is 0 Å². The minimum absolute atomic E-state index is 0.311. The lowest BCUT2D eigenvalue weighted by Crippen LogP contribution is -2.13. The van der Waals surface area contributed by atoms with Crippen LogP contribution in [0, 0.1) is 11.8 Å². The molecule has 2 atom stereocenters. The van der Waals surface area contributed by atoms with Crippen molar-refractivity contribution in [3.05, 3.63) is 33.8 Å². The van der Waals surface area contributed by atoms with E-state index in [-0.39, 0.29) is 0 Å². The number of Topliss-reactive ketones (excluding diaryl/α,β-unsaturated/α-hetero) is 1. The number of ketones is 1. The van der Waals surface area contributed by atoms with Gasteiger partial charge in [0.1, 0.15) is 5.78 Å². The van der Waals surface area contributed by atoms with E-state index < -0.39 is 0 Å². The minimum Gasteiger partial charge on any atom is -0.299 e. The van der Waals surface area contributed by atoms with Crippen LogP contribution in [0.4, 0.5) is 0 Å². The van der Waals surface area contributed by atoms with Crippen molar-refractivity contribution in [2.75, 3.05) is 0 Å². The molecule has 1 fully saturated rings. The zero-order valence-electron chi connectivity index (χ0n) is 8.50. The van der Waals surface area contributed by atoms with Crippen molar-refractivity contribution < 1.29 is 4.79 Å². The van der Waals surface area contributed by atoms with Crippen molar-refractivity contribution in [1.29, 1.82) is 0 Å². The lowest BCUT2D eigenvalue weighted by molar-refractivity contribution is -0.123. The highest BCUT2D eigenvalue weighted by Gasteiger charge is 2.37. The quantitative estimate of drug-likeness (QED) is 0.704. The molecule has 2 bridgehead atoms. The van der Waals surface area contributed by atoms with Gasteiger partial charge in [0.05, 0.1) is 0 Å². The Labute approximate surface area is 98.0 Å². The fourth-order valence-electron chi connectivity index (χ4n) is 2.94. The molecule has 2 heteroatoms. The molecule has 2 aliphatic rings. The van der Waals surface area contributed by atoms with Crippen LogP contribution in [0.3, 0.4) is 0 Å². The van der Waals surface area contributed by atoms with Crippen LogP contribution in [-0.2, 0) is 17.6 Å². The Balaban J connectivity index is 2.06. The summed E-state index contributed by atoms with van der Waals surface area (Å²) in [4.78, 5) is 11.9. The fourth-order valence-corrected chi connectivity index (χ4v) is 3.35. The Kier molecular flexibility index (Phi) is 2.20. The average molecular weight is 265 g/mol. The van der Waals surface area contributed by atoms with Gasteiger partial charge in [0.25, 0.3) is 0 Å². The number of hydrogen-bond acceptors (Lipinski definition) is 1. The van der Waals surface area contributed by atoms with Gasteiger partial charge in [-0.25, -0.2) is 0 Å². The molecule has 0 aliphatic heterocycles. The third-order valence-corrected chi connectivity index (χ3v) is 4.26. The second-order valence-corrected chi connectivity index (χ2v) is 5.61. The number of halogens is 1. The maximum atomic E-state index is 11.9. The smallest absolute Gasteiger partial charge is 0.139 e. The molecule has 3 rings (SSSR count). The van der Waals surface area contributed by atoms with Gasteiger partial charge in [-0.1, -0.05) is 22.0 Å². The van der Waals surface area contributed by atoms with Crippen LogP contribution in [0.15, 0.2) is 22.7 Å². The first kappa shape index (κ1) is 9.59. The predicted molar refractivity (Wildman–Crippen MR) is 62.8 cm³/mol. The molecule has 0 saturated heterocycles. The summed E-state index contributed by atoms with van der Waals surface area (Å²) in [6.07, 6.45) is 4.15. The van der Waals surface area contributed by atoms with Crippen LogP contribution >= 0.6 is 15.9 Å². The zero-order valence-corrected chi connectivity index (χ0v) is 10.1. The topological polar surface area (TPSA) is 17.1 Å². The molecule has 15 heavy (non-hydrogen) atoms. The van der Waals surface area contributed by atoms with Crippen LogP contribution < -0.4 is 0 Å². The lowest BCUT2D eigenvalue weighted by Gasteiger charge is -2.12. The standard InChI is InChI=1S/C13H13BrO/c14-12-4-3-8-5-9-1-2-10(13(9)15)6-11(8)7-12/h3-4,7,9-10H,1-2,5-6H2/t9-,10-/m0/s1. The molecule has 1 aromatic rings. The van der Waals surface area contributed by atoms with Crippen LogP contribution in [0.2, 0.25) is 0 Å². The number of carbonyl (C=O) groups excluding carboxylic acids is 1. The maximum Gasteiger partial charge on any atom is 0.139 e. The van der Waals surface area contributed by atoms with E-state index in [2.05, 4.69) is 34.1 Å². The fraction of sp³-hybridized carbons (Fsp3) is 0.462. The first-order valence-corrected chi connectivity index (χ1v) is 6.34. The second-order valence-electron chi connectivity index (χ2n) is 4.69. The summed E-state index contributed by atoms with van der Waals surface area (Å²) in [5, 5.41) is 0. The van der Waals surface area contributed by atoms with E-state index in [9.17, 15) is 4.79 Å². The molecule has 1 nitrogen and oxygen atoms in total. The van der Waals surface area contributed by atoms with E-state index in [0.717, 1.165) is 30.2 Å². The van der Waals surface area contributed by atoms with Crippen LogP contribution in [-0.4, -0.2) is 5.78 Å². The molecule has 0 amide bonds. The van der Waals surface area contributed by atoms with E-state index in [0.29, 0.717) is 17.6 Å². The molecular formula is C13H13BrO. The molecule has 1 aromatic carbocycles. The molecule has 2 aliphatic carbocycles. The third kappa shape index (κ3) is 1.55. The largest absolute Gasteiger partial charge is 0.299 e. The number of carbonyl (C=O) groups is 1. The molecule has 0 unspecified atom stereocenters. The molecule has 1 saturated carbocycles. The first-order chi connectivity index (χ1) is 7.24. The van der Waals surface area contributed by atoms with Gasteiger partial charge in [-0.2, -0.15) is 0 Å². The average Bonchev–Trinajstić information content (AvgIpc) is 2.44. The lowest BCUT2D eigenvalue weighted by atomic mass is 9.94. The monoisotopic (exact) mass is 264 g/mol. The summed E-state index contributed by atoms with van der Waals surface area (Å²) in [5.41, 5.74) is 2.77. The maximum absolute atomic E-state index is 11.9. The summed E-state index contributed by atoms with van der Waals surface area (Å²) in [7, 11) is 0. The number of fused-ring (bicyclic) bond motifs is 3. The van der Waals surface area contributed by atoms with Crippen LogP contribution in [0.1, 0.15) is 24.0 Å². The summed E-state index contributed by atoms with van der Waals surface area (Å²) < 4.78 is 1.13. The Morgan fingerprint density at radius 2 is 1.73 bits per heavy atom. The van der Waals surface area contributed by atoms with E-state index in [1.807, 2.05) is 0 Å². The van der Waals surface area contributed by atoms with Gasteiger partial charge in [-0.3, -0.25) is 4.79 Å². The number of benzene rings is 1. The van der Waals surface area contributed by atoms with E-state index in [1.54, 1.807) is 0 Å². The molecule has 0 aromatic heterocycles. The van der Waals surface area contributed by atoms with E-state index in [1.165, 1.54) is 11.1 Å². The highest BCUT2D eigenvalue weighted by Crippen LogP contribution is 2.37. The number of hydrogen-bond donors (Lipinski definition) is 0. The van der Waals surface area contributed by atoms with Crippen molar-refractivity contribution in [1.82, 2.24) is 0 Å². The third-order valence-electron chi connectivity index (χ3n) is 3.77. The SMILES string of the molecule is O=C1[C@H]2CC[C@H]1Cc1cc(Br)ccc1C2. The Morgan fingerprint density at radius 3 is 2.47 bits per heavy atom. The van der Waals surface area contributed by atoms with Gasteiger partial charge < -0.3 is 0 Å². The molecule has 0 heterocycles. The van der Waals surface area contributed by atoms with E-state index in [4.69, 9.17) is 0 Å². The second kappa shape index (κ2) is 3.44. The molecule has 0 spiro atoms. The highest BCUT2D eigenvalue weighted by molar-refractivity contribution is 9.10. The van der Waals surface area contributed by atoms with Gasteiger partial charge in [0.2, 0.25) is 0 Å². The summed E-state index contributed by atoms with van der Waals surface area (Å²) in [5.74, 6) is 1.14. The first-order valence-electron chi connectivity index (χ1n) is 5.55. The van der Waals surface area contributed by atoms with Crippen molar-refractivity contribution >= 4 is 21.7 Å². The van der Waals surface area contributed by atoms with Crippen molar-refractivity contribution in [3.8, 4) is 0 Å². The van der Waals surface area contributed by atoms with Gasteiger partial charge in [-0.15, -0.1) is 0 Å². The van der Waals surface area contributed by atoms with Crippen molar-refractivity contribution in [2.24, 2.45) is 11.8 Å². The molecule has 0 N–H and O–H groups in total. The Morgan fingerprint density at radius 1 is 1.07 bits per heavy atom. The summed E-state index contributed by atoms with van der Waals surface area (Å²) >= 11 is 3.50. The minimum atomic E-state index is 0.311. The van der Waals surface area contributed by atoms with Gasteiger partial charge in [-0.05, 0) is 48.9 Å². The van der Waals surface area contributed by atoms with Gasteiger partial charge in [0, 0.05) is 16.3 Å². The Bertz CT molecular complexity index is 425. The van der Waals surface area contributed by atoms with E-state index >= 15 is 0 Å². The van der Waals surface area contributed by atoms with Crippen LogP contribution in [0.25, 0.3) is 0 Å². The Hall–Kier alpha value is -0.630. The predicted octanol–water partition coefficient (Wildman–Crippen LogP) is 3.14. The van der Waals surface area contributed by atoms with Gasteiger partial charge >= 0.3 is 0 Å². The zero-order chi connectivity index (χ0) is 10.4. The molecule has 0 radical (unpaired) electrons. The van der Waals surface area contributed by atoms with Crippen LogP contribution in [0.5, 0.6) is 0 Å².